The van der Waals surface area contributed by atoms with Gasteiger partial charge in [0.15, 0.2) is 0 Å². The topological polar surface area (TPSA) is 51.2 Å². The van der Waals surface area contributed by atoms with Gasteiger partial charge >= 0.3 is 0 Å². The molecule has 26 heavy (non-hydrogen) atoms. The largest absolute Gasteiger partial charge is 0.303 e. The summed E-state index contributed by atoms with van der Waals surface area (Å²) in [7, 11) is 0. The predicted molar refractivity (Wildman–Crippen MR) is 112 cm³/mol. The minimum Gasteiger partial charge on any atom is -0.303 e. The lowest BCUT2D eigenvalue weighted by Crippen LogP contribution is -1.97. The van der Waals surface area contributed by atoms with E-state index >= 15 is 0 Å². The van der Waals surface area contributed by atoms with Crippen molar-refractivity contribution < 1.29 is 14.4 Å². The first-order valence-corrected chi connectivity index (χ1v) is 11.0. The molecule has 0 rings (SSSR count). The van der Waals surface area contributed by atoms with E-state index in [-0.39, 0.29) is 12.2 Å². The second-order valence-corrected chi connectivity index (χ2v) is 7.35. The fraction of sp³-hybridized carbons (Fsp3) is 0.870. The molecule has 0 aliphatic carbocycles. The molecule has 0 N–H and O–H groups in total. The van der Waals surface area contributed by atoms with Crippen LogP contribution in [0.2, 0.25) is 0 Å². The molecule has 0 saturated carbocycles. The third-order valence-corrected chi connectivity index (χ3v) is 4.50. The van der Waals surface area contributed by atoms with Gasteiger partial charge in [-0.25, -0.2) is 0 Å². The van der Waals surface area contributed by atoms with Crippen molar-refractivity contribution in [2.45, 2.75) is 130 Å². The fourth-order valence-corrected chi connectivity index (χ4v) is 2.81. The highest BCUT2D eigenvalue weighted by molar-refractivity contribution is 5.89. The Morgan fingerprint density at radius 2 is 1.00 bits per heavy atom. The summed E-state index contributed by atoms with van der Waals surface area (Å²) in [5.74, 6) is 0.428. The molecule has 0 aromatic heterocycles. The average Bonchev–Trinajstić information content (AvgIpc) is 2.61. The Hall–Kier alpha value is -0.990. The molecule has 0 bridgehead atoms. The average molecular weight is 369 g/mol. The van der Waals surface area contributed by atoms with Gasteiger partial charge in [0.25, 0.3) is 0 Å². The van der Waals surface area contributed by atoms with Crippen molar-refractivity contribution in [2.24, 2.45) is 0 Å². The first-order valence-electron chi connectivity index (χ1n) is 11.0. The smallest absolute Gasteiger partial charge is 0.139 e. The molecule has 0 atom stereocenters. The Morgan fingerprint density at radius 3 is 1.38 bits per heavy atom. The summed E-state index contributed by atoms with van der Waals surface area (Å²) in [5.41, 5.74) is 0. The maximum absolute atomic E-state index is 10.9. The molecular formula is C23H44O3. The van der Waals surface area contributed by atoms with Crippen LogP contribution in [-0.4, -0.2) is 17.9 Å². The summed E-state index contributed by atoms with van der Waals surface area (Å²) in [4.78, 5) is 31.5. The summed E-state index contributed by atoms with van der Waals surface area (Å²) < 4.78 is 0. The number of Topliss-reactive ketones (excluding diaryl/α,β-unsaturated/α-hetero) is 2. The van der Waals surface area contributed by atoms with E-state index in [2.05, 4.69) is 13.8 Å². The molecule has 0 aliphatic rings. The van der Waals surface area contributed by atoms with E-state index in [0.717, 1.165) is 25.7 Å². The molecule has 0 amide bonds. The summed E-state index contributed by atoms with van der Waals surface area (Å²) in [6, 6.07) is 0. The van der Waals surface area contributed by atoms with Gasteiger partial charge in [0.1, 0.15) is 17.9 Å². The minimum atomic E-state index is 0.0913. The van der Waals surface area contributed by atoms with Crippen LogP contribution in [0.15, 0.2) is 0 Å². The van der Waals surface area contributed by atoms with Crippen LogP contribution < -0.4 is 0 Å². The molecule has 0 spiro atoms. The Kier molecular flexibility index (Phi) is 25.1. The lowest BCUT2D eigenvalue weighted by Gasteiger charge is -1.99. The highest BCUT2D eigenvalue weighted by Gasteiger charge is 1.99. The summed E-state index contributed by atoms with van der Waals surface area (Å²) in [5, 5.41) is 0. The molecule has 0 aromatic rings. The Labute approximate surface area is 162 Å². The fourth-order valence-electron chi connectivity index (χ4n) is 2.81. The zero-order valence-corrected chi connectivity index (χ0v) is 17.8. The second-order valence-electron chi connectivity index (χ2n) is 7.35. The monoisotopic (exact) mass is 368 g/mol. The molecule has 0 fully saturated rings. The maximum atomic E-state index is 10.9. The van der Waals surface area contributed by atoms with Crippen molar-refractivity contribution >= 4 is 17.9 Å². The van der Waals surface area contributed by atoms with E-state index in [9.17, 15) is 14.4 Å². The van der Waals surface area contributed by atoms with Gasteiger partial charge in [0.05, 0.1) is 6.42 Å². The molecule has 3 heteroatoms. The van der Waals surface area contributed by atoms with E-state index < -0.39 is 0 Å². The highest BCUT2D eigenvalue weighted by atomic mass is 16.1. The standard InChI is InChI=1S/C12H22O2.C11H22O/c1-2-3-4-5-6-7-8-9-12(14)10-11-13;1-3-4-5-6-7-8-9-10-11(2)12/h11H,2-10H2,1H3;3-10H2,1-2H3. The van der Waals surface area contributed by atoms with Gasteiger partial charge in [0, 0.05) is 12.8 Å². The molecule has 154 valence electrons. The van der Waals surface area contributed by atoms with Crippen molar-refractivity contribution in [1.29, 1.82) is 0 Å². The van der Waals surface area contributed by atoms with Gasteiger partial charge in [-0.05, 0) is 19.8 Å². The van der Waals surface area contributed by atoms with Crippen LogP contribution in [0.1, 0.15) is 130 Å². The molecule has 3 nitrogen and oxygen atoms in total. The summed E-state index contributed by atoms with van der Waals surface area (Å²) in [6.45, 7) is 6.12. The van der Waals surface area contributed by atoms with Crippen LogP contribution in [-0.2, 0) is 14.4 Å². The number of aldehydes is 1. The van der Waals surface area contributed by atoms with Gasteiger partial charge in [-0.3, -0.25) is 4.79 Å². The first-order chi connectivity index (χ1) is 12.6. The molecule has 0 heterocycles. The van der Waals surface area contributed by atoms with Gasteiger partial charge in [0.2, 0.25) is 0 Å². The molecule has 0 unspecified atom stereocenters. The number of carbonyl (C=O) groups excluding carboxylic acids is 3. The molecular weight excluding hydrogens is 324 g/mol. The Bertz CT molecular complexity index is 323. The molecule has 0 aromatic carbocycles. The molecule has 0 radical (unpaired) electrons. The van der Waals surface area contributed by atoms with E-state index in [1.54, 1.807) is 6.92 Å². The number of rotatable bonds is 18. The van der Waals surface area contributed by atoms with Crippen molar-refractivity contribution in [3.05, 3.63) is 0 Å². The van der Waals surface area contributed by atoms with Gasteiger partial charge < -0.3 is 9.59 Å². The minimum absolute atomic E-state index is 0.0913. The number of hydrogen-bond acceptors (Lipinski definition) is 3. The van der Waals surface area contributed by atoms with E-state index in [1.165, 1.54) is 70.6 Å². The maximum Gasteiger partial charge on any atom is 0.139 e. The van der Waals surface area contributed by atoms with Crippen LogP contribution >= 0.6 is 0 Å². The third kappa shape index (κ3) is 27.8. The highest BCUT2D eigenvalue weighted by Crippen LogP contribution is 2.09. The lowest BCUT2D eigenvalue weighted by molar-refractivity contribution is -0.122. The van der Waals surface area contributed by atoms with Crippen molar-refractivity contribution in [2.75, 3.05) is 0 Å². The first kappa shape index (κ1) is 27.2. The predicted octanol–water partition coefficient (Wildman–Crippen LogP) is 7.00. The Morgan fingerprint density at radius 1 is 0.615 bits per heavy atom. The van der Waals surface area contributed by atoms with Crippen molar-refractivity contribution in [1.82, 2.24) is 0 Å². The van der Waals surface area contributed by atoms with E-state index in [1.807, 2.05) is 0 Å². The van der Waals surface area contributed by atoms with Crippen molar-refractivity contribution in [3.63, 3.8) is 0 Å². The Balaban J connectivity index is 0. The van der Waals surface area contributed by atoms with Gasteiger partial charge in [-0.15, -0.1) is 0 Å². The number of hydrogen-bond donors (Lipinski definition) is 0. The summed E-state index contributed by atoms with van der Waals surface area (Å²) >= 11 is 0. The normalized spacial score (nSPS) is 10.1. The zero-order valence-electron chi connectivity index (χ0n) is 17.8. The number of unbranched alkanes of at least 4 members (excludes halogenated alkanes) is 12. The van der Waals surface area contributed by atoms with E-state index in [4.69, 9.17) is 0 Å². The zero-order chi connectivity index (χ0) is 19.9. The molecule has 0 aliphatic heterocycles. The number of ketones is 2. The van der Waals surface area contributed by atoms with Gasteiger partial charge in [-0.2, -0.15) is 0 Å². The summed E-state index contributed by atoms with van der Waals surface area (Å²) in [6.07, 6.45) is 19.8. The van der Waals surface area contributed by atoms with Crippen LogP contribution in [0.3, 0.4) is 0 Å². The van der Waals surface area contributed by atoms with Crippen LogP contribution in [0.25, 0.3) is 0 Å². The van der Waals surface area contributed by atoms with Crippen LogP contribution in [0.5, 0.6) is 0 Å². The quantitative estimate of drug-likeness (QED) is 0.149. The van der Waals surface area contributed by atoms with Crippen LogP contribution in [0, 0.1) is 0 Å². The number of carbonyl (C=O) groups is 3. The lowest BCUT2D eigenvalue weighted by atomic mass is 10.1. The third-order valence-electron chi connectivity index (χ3n) is 4.50. The second kappa shape index (κ2) is 24.0. The van der Waals surface area contributed by atoms with E-state index in [0.29, 0.717) is 18.5 Å². The van der Waals surface area contributed by atoms with Crippen LogP contribution in [0.4, 0.5) is 0 Å². The SMILES string of the molecule is CCCCCCCCCC(=O)CC=O.CCCCCCCCCC(C)=O. The van der Waals surface area contributed by atoms with Gasteiger partial charge in [-0.1, -0.05) is 90.9 Å². The molecule has 0 saturated heterocycles. The van der Waals surface area contributed by atoms with Crippen molar-refractivity contribution in [3.8, 4) is 0 Å².